The third-order valence-corrected chi connectivity index (χ3v) is 4.95. The van der Waals surface area contributed by atoms with Gasteiger partial charge in [0.05, 0.1) is 0 Å². The lowest BCUT2D eigenvalue weighted by molar-refractivity contribution is 0.345. The largest absolute Gasteiger partial charge is 0.508 e. The predicted octanol–water partition coefficient (Wildman–Crippen LogP) is 4.53. The zero-order chi connectivity index (χ0) is 14.9. The number of hydrogen-bond acceptors (Lipinski definition) is 2. The van der Waals surface area contributed by atoms with E-state index < -0.39 is 0 Å². The number of nitrogen functional groups attached to an aromatic ring is 1. The first-order valence-corrected chi connectivity index (χ1v) is 7.78. The summed E-state index contributed by atoms with van der Waals surface area (Å²) in [5, 5.41) is 9.57. The van der Waals surface area contributed by atoms with Gasteiger partial charge in [-0.05, 0) is 54.7 Å². The summed E-state index contributed by atoms with van der Waals surface area (Å²) < 4.78 is 0. The lowest BCUT2D eigenvalue weighted by Crippen LogP contribution is -2.30. The van der Waals surface area contributed by atoms with Crippen molar-refractivity contribution in [3.05, 3.63) is 59.2 Å². The topological polar surface area (TPSA) is 46.2 Å². The molecule has 2 heteroatoms. The summed E-state index contributed by atoms with van der Waals surface area (Å²) in [6, 6.07) is 14.2. The van der Waals surface area contributed by atoms with Gasteiger partial charge in [0.1, 0.15) is 5.75 Å². The fraction of sp³-hybridized carbons (Fsp3) is 0.368. The van der Waals surface area contributed by atoms with E-state index in [2.05, 4.69) is 31.2 Å². The molecule has 1 aliphatic carbocycles. The first-order valence-electron chi connectivity index (χ1n) is 7.78. The number of phenols is 1. The van der Waals surface area contributed by atoms with Crippen molar-refractivity contribution in [3.8, 4) is 5.75 Å². The van der Waals surface area contributed by atoms with Crippen LogP contribution < -0.4 is 5.73 Å². The molecule has 0 atom stereocenters. The minimum atomic E-state index is 0.0738. The van der Waals surface area contributed by atoms with E-state index in [-0.39, 0.29) is 5.41 Å². The maximum Gasteiger partial charge on any atom is 0.115 e. The van der Waals surface area contributed by atoms with Crippen molar-refractivity contribution in [2.24, 2.45) is 0 Å². The minimum Gasteiger partial charge on any atom is -0.508 e. The third kappa shape index (κ3) is 2.51. The Morgan fingerprint density at radius 3 is 2.14 bits per heavy atom. The van der Waals surface area contributed by atoms with Gasteiger partial charge in [-0.15, -0.1) is 0 Å². The summed E-state index contributed by atoms with van der Waals surface area (Å²) in [5.41, 5.74) is 10.7. The van der Waals surface area contributed by atoms with Gasteiger partial charge in [-0.2, -0.15) is 0 Å². The molecule has 2 aromatic rings. The van der Waals surface area contributed by atoms with E-state index in [1.807, 2.05) is 6.07 Å². The molecule has 0 spiro atoms. The summed E-state index contributed by atoms with van der Waals surface area (Å²) in [4.78, 5) is 0. The SMILES string of the molecule is Cc1cc(C2(c3ccc(O)cc3)CCCCC2)ccc1N. The molecular weight excluding hydrogens is 258 g/mol. The zero-order valence-corrected chi connectivity index (χ0v) is 12.6. The highest BCUT2D eigenvalue weighted by molar-refractivity contribution is 5.52. The fourth-order valence-electron chi connectivity index (χ4n) is 3.65. The number of hydrogen-bond donors (Lipinski definition) is 2. The number of anilines is 1. The monoisotopic (exact) mass is 281 g/mol. The number of nitrogens with two attached hydrogens (primary N) is 1. The van der Waals surface area contributed by atoms with E-state index in [1.54, 1.807) is 12.1 Å². The van der Waals surface area contributed by atoms with Crippen LogP contribution in [0.25, 0.3) is 0 Å². The molecule has 0 heterocycles. The lowest BCUT2D eigenvalue weighted by Gasteiger charge is -2.39. The molecule has 1 aliphatic rings. The Balaban J connectivity index is 2.12. The zero-order valence-electron chi connectivity index (χ0n) is 12.6. The summed E-state index contributed by atoms with van der Waals surface area (Å²) in [6.45, 7) is 2.08. The van der Waals surface area contributed by atoms with E-state index in [9.17, 15) is 5.11 Å². The standard InChI is InChI=1S/C19H23NO/c1-14-13-16(7-10-18(14)20)19(11-3-2-4-12-19)15-5-8-17(21)9-6-15/h5-10,13,21H,2-4,11-12,20H2,1H3. The van der Waals surface area contributed by atoms with Crippen LogP contribution in [0.5, 0.6) is 5.75 Å². The van der Waals surface area contributed by atoms with Crippen LogP contribution in [0.15, 0.2) is 42.5 Å². The van der Waals surface area contributed by atoms with E-state index in [0.717, 1.165) is 11.3 Å². The number of aromatic hydroxyl groups is 1. The number of rotatable bonds is 2. The summed E-state index contributed by atoms with van der Waals surface area (Å²) in [6.07, 6.45) is 6.16. The molecule has 2 aromatic carbocycles. The second-order valence-electron chi connectivity index (χ2n) is 6.26. The van der Waals surface area contributed by atoms with Gasteiger partial charge in [0.2, 0.25) is 0 Å². The van der Waals surface area contributed by atoms with E-state index in [0.29, 0.717) is 5.75 Å². The highest BCUT2D eigenvalue weighted by atomic mass is 16.3. The van der Waals surface area contributed by atoms with Gasteiger partial charge in [-0.25, -0.2) is 0 Å². The van der Waals surface area contributed by atoms with Crippen LogP contribution in [-0.2, 0) is 5.41 Å². The van der Waals surface area contributed by atoms with Crippen LogP contribution in [-0.4, -0.2) is 5.11 Å². The Morgan fingerprint density at radius 1 is 0.905 bits per heavy atom. The van der Waals surface area contributed by atoms with Gasteiger partial charge < -0.3 is 10.8 Å². The molecular formula is C19H23NO. The van der Waals surface area contributed by atoms with Crippen molar-refractivity contribution in [1.29, 1.82) is 0 Å². The van der Waals surface area contributed by atoms with Crippen LogP contribution in [0.3, 0.4) is 0 Å². The summed E-state index contributed by atoms with van der Waals surface area (Å²) >= 11 is 0. The molecule has 0 unspecified atom stereocenters. The number of phenolic OH excluding ortho intramolecular Hbond substituents is 1. The normalized spacial score (nSPS) is 17.6. The van der Waals surface area contributed by atoms with Gasteiger partial charge in [-0.3, -0.25) is 0 Å². The molecule has 0 radical (unpaired) electrons. The molecule has 3 rings (SSSR count). The van der Waals surface area contributed by atoms with Gasteiger partial charge in [0.25, 0.3) is 0 Å². The molecule has 0 aliphatic heterocycles. The quantitative estimate of drug-likeness (QED) is 0.794. The van der Waals surface area contributed by atoms with Gasteiger partial charge in [0, 0.05) is 11.1 Å². The third-order valence-electron chi connectivity index (χ3n) is 4.95. The average molecular weight is 281 g/mol. The first-order chi connectivity index (χ1) is 10.1. The van der Waals surface area contributed by atoms with Gasteiger partial charge >= 0.3 is 0 Å². The van der Waals surface area contributed by atoms with Crippen LogP contribution in [0, 0.1) is 6.92 Å². The van der Waals surface area contributed by atoms with Crippen molar-refractivity contribution in [1.82, 2.24) is 0 Å². The molecule has 0 amide bonds. The molecule has 1 saturated carbocycles. The van der Waals surface area contributed by atoms with Crippen LogP contribution >= 0.6 is 0 Å². The lowest BCUT2D eigenvalue weighted by atomic mass is 9.65. The number of aryl methyl sites for hydroxylation is 1. The highest BCUT2D eigenvalue weighted by Gasteiger charge is 2.35. The van der Waals surface area contributed by atoms with Crippen molar-refractivity contribution >= 4 is 5.69 Å². The van der Waals surface area contributed by atoms with Gasteiger partial charge in [-0.1, -0.05) is 43.5 Å². The first kappa shape index (κ1) is 14.0. The Labute approximate surface area is 126 Å². The van der Waals surface area contributed by atoms with E-state index in [4.69, 9.17) is 5.73 Å². The molecule has 21 heavy (non-hydrogen) atoms. The fourth-order valence-corrected chi connectivity index (χ4v) is 3.65. The molecule has 0 bridgehead atoms. The van der Waals surface area contributed by atoms with Gasteiger partial charge in [0.15, 0.2) is 0 Å². The highest BCUT2D eigenvalue weighted by Crippen LogP contribution is 2.45. The second kappa shape index (κ2) is 5.44. The summed E-state index contributed by atoms with van der Waals surface area (Å²) in [7, 11) is 0. The Bertz CT molecular complexity index is 625. The van der Waals surface area contributed by atoms with Crippen LogP contribution in [0.4, 0.5) is 5.69 Å². The Morgan fingerprint density at radius 2 is 1.52 bits per heavy atom. The van der Waals surface area contributed by atoms with E-state index in [1.165, 1.54) is 43.2 Å². The molecule has 3 N–H and O–H groups in total. The Hall–Kier alpha value is -1.96. The number of benzene rings is 2. The van der Waals surface area contributed by atoms with E-state index >= 15 is 0 Å². The Kier molecular flexibility index (Phi) is 3.62. The maximum absolute atomic E-state index is 9.57. The van der Waals surface area contributed by atoms with Crippen molar-refractivity contribution in [2.75, 3.05) is 5.73 Å². The van der Waals surface area contributed by atoms with Crippen molar-refractivity contribution in [2.45, 2.75) is 44.4 Å². The van der Waals surface area contributed by atoms with Crippen molar-refractivity contribution < 1.29 is 5.11 Å². The molecule has 1 fully saturated rings. The predicted molar refractivity (Wildman–Crippen MR) is 87.6 cm³/mol. The minimum absolute atomic E-state index is 0.0738. The van der Waals surface area contributed by atoms with Crippen LogP contribution in [0.1, 0.15) is 48.8 Å². The maximum atomic E-state index is 9.57. The molecule has 0 saturated heterocycles. The summed E-state index contributed by atoms with van der Waals surface area (Å²) in [5.74, 6) is 0.332. The molecule has 110 valence electrons. The second-order valence-corrected chi connectivity index (χ2v) is 6.26. The average Bonchev–Trinajstić information content (AvgIpc) is 2.51. The smallest absolute Gasteiger partial charge is 0.115 e. The van der Waals surface area contributed by atoms with Crippen molar-refractivity contribution in [3.63, 3.8) is 0 Å². The molecule has 0 aromatic heterocycles. The molecule has 2 nitrogen and oxygen atoms in total. The van der Waals surface area contributed by atoms with Crippen LogP contribution in [0.2, 0.25) is 0 Å².